The first-order valence-electron chi connectivity index (χ1n) is 22.0. The highest BCUT2D eigenvalue weighted by atomic mass is 32.2. The number of methoxy groups -OCH3 is 3. The Labute approximate surface area is 390 Å². The molecule has 0 aromatic heterocycles. The summed E-state index contributed by atoms with van der Waals surface area (Å²) in [5.74, 6) is -0.205. The number of carbonyl (C=O) groups excluding carboxylic acids is 3. The van der Waals surface area contributed by atoms with Gasteiger partial charge in [0.25, 0.3) is 0 Å². The van der Waals surface area contributed by atoms with E-state index in [1.54, 1.807) is 31.2 Å². The molecular formula is C50H49FN4O11S. The zero-order valence-electron chi connectivity index (χ0n) is 38.0. The average molecular weight is 933 g/mol. The predicted molar refractivity (Wildman–Crippen MR) is 242 cm³/mol. The van der Waals surface area contributed by atoms with E-state index in [1.165, 1.54) is 63.1 Å². The van der Waals surface area contributed by atoms with Gasteiger partial charge in [0.15, 0.2) is 40.0 Å². The number of aryl methyl sites for hydroxylation is 1. The number of esters is 2. The first-order valence-corrected chi connectivity index (χ1v) is 23.0. The molecule has 4 aromatic rings. The van der Waals surface area contributed by atoms with E-state index in [0.29, 0.717) is 75.0 Å². The Morgan fingerprint density at radius 3 is 2.40 bits per heavy atom. The van der Waals surface area contributed by atoms with Crippen molar-refractivity contribution >= 4 is 35.7 Å². The number of rotatable bonds is 6. The summed E-state index contributed by atoms with van der Waals surface area (Å²) in [5, 5.41) is 22.9. The Kier molecular flexibility index (Phi) is 11.0. The molecule has 15 nitrogen and oxygen atoms in total. The molecule has 11 rings (SSSR count). The van der Waals surface area contributed by atoms with E-state index in [1.807, 2.05) is 26.1 Å². The number of hydrogen-bond donors (Lipinski definition) is 1. The summed E-state index contributed by atoms with van der Waals surface area (Å²) in [6.45, 7) is 4.65. The van der Waals surface area contributed by atoms with Crippen molar-refractivity contribution in [1.82, 2.24) is 14.7 Å². The van der Waals surface area contributed by atoms with E-state index >= 15 is 4.79 Å². The molecule has 7 atom stereocenters. The summed E-state index contributed by atoms with van der Waals surface area (Å²) in [7, 11) is 6.49. The lowest BCUT2D eigenvalue weighted by molar-refractivity contribution is -0.167. The second-order valence-electron chi connectivity index (χ2n) is 17.7. The maximum Gasteiger partial charge on any atom is 0.337 e. The van der Waals surface area contributed by atoms with Gasteiger partial charge in [-0.3, -0.25) is 19.4 Å². The molecule has 17 heteroatoms. The van der Waals surface area contributed by atoms with Crippen molar-refractivity contribution in [2.45, 2.75) is 74.6 Å². The number of thioether (sulfide) groups is 1. The zero-order chi connectivity index (χ0) is 47.2. The molecular weight excluding hydrogens is 884 g/mol. The fraction of sp³-hybridized carbons (Fsp3) is 0.400. The third kappa shape index (κ3) is 6.62. The molecule has 0 radical (unpaired) electrons. The summed E-state index contributed by atoms with van der Waals surface area (Å²) in [6.07, 6.45) is 3.72. The zero-order valence-corrected chi connectivity index (χ0v) is 38.8. The Morgan fingerprint density at radius 2 is 1.70 bits per heavy atom. The Balaban J connectivity index is 1.24. The van der Waals surface area contributed by atoms with Crippen molar-refractivity contribution in [3.63, 3.8) is 0 Å². The highest BCUT2D eigenvalue weighted by Gasteiger charge is 2.63. The first-order chi connectivity index (χ1) is 32.3. The number of piperazine rings is 1. The smallest absolute Gasteiger partial charge is 0.337 e. The SMILES string of the molecule is COc1cc2c(cc1OC)[C@]1(CS[C@H]3c4c(OC(C)=O)c(C)c5c(c4[C@H](COC1=O)N1[C@@H]3[C@H]3c4c(cc(C)c(OC)c4O)C[C@@H]([C@@H]1C#N)N3C)OCO5)N(C(=O)/C=C/c1ccc(F)cc1)CC2. The number of benzene rings is 4. The van der Waals surface area contributed by atoms with Gasteiger partial charge >= 0.3 is 11.9 Å². The number of nitrogens with zero attached hydrogens (tertiary/aromatic N) is 4. The molecule has 1 amide bonds. The van der Waals surface area contributed by atoms with Gasteiger partial charge in [-0.15, -0.1) is 11.8 Å². The summed E-state index contributed by atoms with van der Waals surface area (Å²) in [6, 6.07) is 10.6. The molecule has 7 aliphatic rings. The lowest BCUT2D eigenvalue weighted by atomic mass is 9.71. The van der Waals surface area contributed by atoms with E-state index in [4.69, 9.17) is 33.2 Å². The maximum absolute atomic E-state index is 15.7. The number of fused-ring (bicyclic) bond motifs is 9. The fourth-order valence-electron chi connectivity index (χ4n) is 11.6. The van der Waals surface area contributed by atoms with E-state index in [0.717, 1.165) is 16.7 Å². The number of likely N-dealkylation sites (N-methyl/N-ethyl adjacent to an activating group) is 1. The maximum atomic E-state index is 15.7. The van der Waals surface area contributed by atoms with Crippen molar-refractivity contribution in [3.8, 4) is 46.3 Å². The van der Waals surface area contributed by atoms with Crippen molar-refractivity contribution in [2.75, 3.05) is 54.1 Å². The number of halogens is 1. The minimum Gasteiger partial charge on any atom is -0.504 e. The second-order valence-corrected chi connectivity index (χ2v) is 18.8. The van der Waals surface area contributed by atoms with E-state index < -0.39 is 58.6 Å². The van der Waals surface area contributed by atoms with Gasteiger partial charge in [-0.25, -0.2) is 9.18 Å². The lowest BCUT2D eigenvalue weighted by Gasteiger charge is -2.62. The van der Waals surface area contributed by atoms with Crippen LogP contribution >= 0.6 is 11.8 Å². The number of aromatic hydroxyl groups is 1. The van der Waals surface area contributed by atoms with Gasteiger partial charge in [-0.1, -0.05) is 18.2 Å². The van der Waals surface area contributed by atoms with Crippen LogP contribution in [0.15, 0.2) is 48.5 Å². The number of hydrogen-bond acceptors (Lipinski definition) is 15. The van der Waals surface area contributed by atoms with Gasteiger partial charge in [0, 0.05) is 59.6 Å². The standard InChI is InChI=1S/C50H49FN4O11S/c1-24-16-29-17-32-33(20-52)55-34-21-63-49(59)50(31-19-36(61-6)35(60-5)18-28(31)14-15-54(50)37(57)13-10-27-8-11-30(51)12-9-27)22-67-48(42(55)41(53(32)4)38(29)43(58)44(24)62-7)40-39(34)47-46(64-23-65-47)25(2)45(40)66-26(3)56/h8-13,16,18-19,32-34,41-42,48,58H,14-15,17,21-23H2,1-7H3/b13-10+/t32-,33-,34-,41+,42+,48-,50-/m0/s1. The molecule has 4 aromatic carbocycles. The lowest BCUT2D eigenvalue weighted by Crippen LogP contribution is -2.69. The van der Waals surface area contributed by atoms with Crippen molar-refractivity contribution in [1.29, 1.82) is 5.26 Å². The molecule has 1 spiro atoms. The van der Waals surface area contributed by atoms with Crippen LogP contribution in [0.2, 0.25) is 0 Å². The third-order valence-electron chi connectivity index (χ3n) is 14.4. The fourth-order valence-corrected chi connectivity index (χ4v) is 13.3. The van der Waals surface area contributed by atoms with Crippen LogP contribution in [0.1, 0.15) is 74.3 Å². The highest BCUT2D eigenvalue weighted by Crippen LogP contribution is 2.65. The first kappa shape index (κ1) is 44.4. The molecule has 2 fully saturated rings. The van der Waals surface area contributed by atoms with Gasteiger partial charge < -0.3 is 43.2 Å². The van der Waals surface area contributed by atoms with Crippen LogP contribution in [0.4, 0.5) is 4.39 Å². The van der Waals surface area contributed by atoms with Crippen molar-refractivity contribution in [3.05, 3.63) is 104 Å². The molecule has 0 saturated carbocycles. The van der Waals surface area contributed by atoms with E-state index in [-0.39, 0.29) is 43.2 Å². The molecule has 0 aliphatic carbocycles. The minimum absolute atomic E-state index is 0.0155. The normalized spacial score (nSPS) is 25.9. The summed E-state index contributed by atoms with van der Waals surface area (Å²) in [5.41, 5.74) is 3.92. The van der Waals surface area contributed by atoms with Gasteiger partial charge in [-0.05, 0) is 91.9 Å². The molecule has 1 N–H and O–H groups in total. The van der Waals surface area contributed by atoms with E-state index in [9.17, 15) is 24.3 Å². The van der Waals surface area contributed by atoms with Gasteiger partial charge in [0.05, 0.1) is 44.7 Å². The van der Waals surface area contributed by atoms with Crippen molar-refractivity contribution < 1.29 is 57.0 Å². The predicted octanol–water partition coefficient (Wildman–Crippen LogP) is 6.38. The number of nitriles is 1. The average Bonchev–Trinajstić information content (AvgIpc) is 3.81. The number of phenols is 1. The molecule has 2 saturated heterocycles. The molecule has 7 aliphatic heterocycles. The van der Waals surface area contributed by atoms with Gasteiger partial charge in [0.2, 0.25) is 12.7 Å². The van der Waals surface area contributed by atoms with Crippen molar-refractivity contribution in [2.24, 2.45) is 0 Å². The van der Waals surface area contributed by atoms with Crippen LogP contribution in [0, 0.1) is 31.0 Å². The molecule has 67 heavy (non-hydrogen) atoms. The summed E-state index contributed by atoms with van der Waals surface area (Å²) in [4.78, 5) is 49.5. The summed E-state index contributed by atoms with van der Waals surface area (Å²) < 4.78 is 56.5. The Hall–Kier alpha value is -6.48. The largest absolute Gasteiger partial charge is 0.504 e. The molecule has 0 unspecified atom stereocenters. The van der Waals surface area contributed by atoms with Crippen LogP contribution in [0.25, 0.3) is 6.08 Å². The number of phenolic OH excluding ortho intramolecular Hbond substituents is 1. The highest BCUT2D eigenvalue weighted by molar-refractivity contribution is 7.99. The number of carbonyl (C=O) groups is 3. The van der Waals surface area contributed by atoms with Crippen LogP contribution in [0.5, 0.6) is 40.2 Å². The summed E-state index contributed by atoms with van der Waals surface area (Å²) >= 11 is 1.36. The molecule has 4 bridgehead atoms. The van der Waals surface area contributed by atoms with Crippen LogP contribution in [-0.4, -0.2) is 110 Å². The van der Waals surface area contributed by atoms with Gasteiger partial charge in [0.1, 0.15) is 24.2 Å². The number of amides is 1. The molecule has 348 valence electrons. The second kappa shape index (κ2) is 16.7. The minimum atomic E-state index is -1.80. The van der Waals surface area contributed by atoms with E-state index in [2.05, 4.69) is 15.9 Å². The Morgan fingerprint density at radius 1 is 0.970 bits per heavy atom. The van der Waals surface area contributed by atoms with Crippen LogP contribution < -0.4 is 28.4 Å². The third-order valence-corrected chi connectivity index (χ3v) is 15.9. The molecule has 7 heterocycles. The Bertz CT molecular complexity index is 2830. The monoisotopic (exact) mass is 932 g/mol. The van der Waals surface area contributed by atoms with Crippen LogP contribution in [0.3, 0.4) is 0 Å². The van der Waals surface area contributed by atoms with Crippen LogP contribution in [-0.2, 0) is 37.5 Å². The van der Waals surface area contributed by atoms with Gasteiger partial charge in [-0.2, -0.15) is 5.26 Å². The quantitative estimate of drug-likeness (QED) is 0.128. The number of ether oxygens (including phenoxy) is 7. The topological polar surface area (TPSA) is 170 Å².